The minimum atomic E-state index is -1.20. The van der Waals surface area contributed by atoms with Crippen LogP contribution < -0.4 is 16.0 Å². The number of amides is 2. The molecule has 19 heavy (non-hydrogen) atoms. The van der Waals surface area contributed by atoms with Gasteiger partial charge in [-0.15, -0.1) is 0 Å². The van der Waals surface area contributed by atoms with Gasteiger partial charge in [0.25, 0.3) is 11.8 Å². The van der Waals surface area contributed by atoms with E-state index in [4.69, 9.17) is 15.6 Å². The highest BCUT2D eigenvalue weighted by molar-refractivity contribution is 5.93. The normalized spacial score (nSPS) is 9.68. The summed E-state index contributed by atoms with van der Waals surface area (Å²) >= 11 is 0. The molecule has 0 saturated carbocycles. The molecule has 0 aliphatic rings. The van der Waals surface area contributed by atoms with Crippen molar-refractivity contribution in [2.24, 2.45) is 5.73 Å². The molecular weight excluding hydrogens is 256 g/mol. The Labute approximate surface area is 108 Å². The number of hydrogen-bond acceptors (Lipinski definition) is 5. The van der Waals surface area contributed by atoms with Gasteiger partial charge in [0, 0.05) is 5.56 Å². The van der Waals surface area contributed by atoms with Gasteiger partial charge in [0.15, 0.2) is 13.2 Å². The van der Waals surface area contributed by atoms with Crippen molar-refractivity contribution in [3.05, 3.63) is 29.8 Å². The van der Waals surface area contributed by atoms with Gasteiger partial charge < -0.3 is 15.6 Å². The number of aliphatic carboxylic acids is 1. The number of rotatable bonds is 7. The minimum Gasteiger partial charge on any atom is -0.484 e. The van der Waals surface area contributed by atoms with Gasteiger partial charge in [0.2, 0.25) is 0 Å². The predicted octanol–water partition coefficient (Wildman–Crippen LogP) is -0.703. The van der Waals surface area contributed by atoms with E-state index in [0.29, 0.717) is 5.75 Å². The van der Waals surface area contributed by atoms with Crippen molar-refractivity contribution in [3.63, 3.8) is 0 Å². The van der Waals surface area contributed by atoms with Crippen molar-refractivity contribution in [2.45, 2.75) is 0 Å². The van der Waals surface area contributed by atoms with E-state index < -0.39 is 24.4 Å². The van der Waals surface area contributed by atoms with E-state index in [-0.39, 0.29) is 12.2 Å². The van der Waals surface area contributed by atoms with Crippen LogP contribution in [0.1, 0.15) is 10.4 Å². The summed E-state index contributed by atoms with van der Waals surface area (Å²) in [4.78, 5) is 36.5. The first-order chi connectivity index (χ1) is 8.99. The highest BCUT2D eigenvalue weighted by Crippen LogP contribution is 2.11. The van der Waals surface area contributed by atoms with E-state index in [0.717, 1.165) is 0 Å². The molecule has 102 valence electrons. The summed E-state index contributed by atoms with van der Waals surface area (Å²) in [6, 6.07) is 5.79. The van der Waals surface area contributed by atoms with Gasteiger partial charge in [0.1, 0.15) is 5.75 Å². The van der Waals surface area contributed by atoms with Crippen molar-refractivity contribution >= 4 is 17.8 Å². The zero-order chi connectivity index (χ0) is 14.3. The fourth-order valence-electron chi connectivity index (χ4n) is 1.08. The number of nitrogens with two attached hydrogens (primary N) is 1. The van der Waals surface area contributed by atoms with Gasteiger partial charge in [-0.2, -0.15) is 0 Å². The number of carbonyl (C=O) groups is 3. The van der Waals surface area contributed by atoms with Gasteiger partial charge in [0.05, 0.1) is 0 Å². The highest BCUT2D eigenvalue weighted by Gasteiger charge is 2.07. The number of hydroxylamine groups is 1. The zero-order valence-corrected chi connectivity index (χ0v) is 9.79. The maximum atomic E-state index is 11.5. The predicted molar refractivity (Wildman–Crippen MR) is 62.2 cm³/mol. The SMILES string of the molecule is NC(=O)COc1ccc(C(=O)NOCC(=O)O)cc1. The molecule has 0 heterocycles. The van der Waals surface area contributed by atoms with Crippen molar-refractivity contribution in [1.29, 1.82) is 0 Å². The maximum absolute atomic E-state index is 11.5. The van der Waals surface area contributed by atoms with Crippen molar-refractivity contribution < 1.29 is 29.1 Å². The number of primary amides is 1. The summed E-state index contributed by atoms with van der Waals surface area (Å²) in [6.45, 7) is -0.890. The number of carbonyl (C=O) groups excluding carboxylic acids is 2. The Kier molecular flexibility index (Phi) is 5.30. The molecule has 0 aromatic heterocycles. The van der Waals surface area contributed by atoms with Crippen LogP contribution in [0.25, 0.3) is 0 Å². The lowest BCUT2D eigenvalue weighted by Crippen LogP contribution is -2.26. The molecule has 0 radical (unpaired) electrons. The first kappa shape index (κ1) is 14.5. The van der Waals surface area contributed by atoms with Crippen LogP contribution in [-0.2, 0) is 14.4 Å². The third-order valence-electron chi connectivity index (χ3n) is 1.86. The smallest absolute Gasteiger partial charge is 0.332 e. The van der Waals surface area contributed by atoms with E-state index in [1.807, 2.05) is 5.48 Å². The molecule has 2 amide bonds. The monoisotopic (exact) mass is 268 g/mol. The average molecular weight is 268 g/mol. The molecule has 1 rings (SSSR count). The van der Waals surface area contributed by atoms with Crippen LogP contribution >= 0.6 is 0 Å². The summed E-state index contributed by atoms with van der Waals surface area (Å²) in [5, 5.41) is 8.31. The quantitative estimate of drug-likeness (QED) is 0.561. The third-order valence-corrected chi connectivity index (χ3v) is 1.86. The van der Waals surface area contributed by atoms with Crippen LogP contribution in [0.4, 0.5) is 0 Å². The standard InChI is InChI=1S/C11H12N2O6/c12-9(14)5-18-8-3-1-7(2-4-8)11(17)13-19-6-10(15)16/h1-4H,5-6H2,(H2,12,14)(H,13,17)(H,15,16). The van der Waals surface area contributed by atoms with Crippen LogP contribution in [0.5, 0.6) is 5.75 Å². The van der Waals surface area contributed by atoms with Crippen LogP contribution in [0.15, 0.2) is 24.3 Å². The lowest BCUT2D eigenvalue weighted by Gasteiger charge is -2.06. The summed E-state index contributed by atoms with van der Waals surface area (Å²) in [6.07, 6.45) is 0. The van der Waals surface area contributed by atoms with E-state index >= 15 is 0 Å². The second-order valence-corrected chi connectivity index (χ2v) is 3.39. The van der Waals surface area contributed by atoms with Gasteiger partial charge in [-0.1, -0.05) is 0 Å². The third kappa shape index (κ3) is 5.50. The largest absolute Gasteiger partial charge is 0.484 e. The van der Waals surface area contributed by atoms with Gasteiger partial charge in [-0.05, 0) is 24.3 Å². The second-order valence-electron chi connectivity index (χ2n) is 3.39. The fourth-order valence-corrected chi connectivity index (χ4v) is 1.08. The van der Waals surface area contributed by atoms with Crippen molar-refractivity contribution in [3.8, 4) is 5.75 Å². The first-order valence-corrected chi connectivity index (χ1v) is 5.14. The molecule has 0 atom stereocenters. The Morgan fingerprint density at radius 2 is 1.79 bits per heavy atom. The number of hydrogen-bond donors (Lipinski definition) is 3. The summed E-state index contributed by atoms with van der Waals surface area (Å²) in [7, 11) is 0. The lowest BCUT2D eigenvalue weighted by molar-refractivity contribution is -0.144. The maximum Gasteiger partial charge on any atom is 0.332 e. The second kappa shape index (κ2) is 6.97. The van der Waals surface area contributed by atoms with Crippen LogP contribution in [-0.4, -0.2) is 36.1 Å². The molecule has 0 aliphatic carbocycles. The Morgan fingerprint density at radius 1 is 1.16 bits per heavy atom. The van der Waals surface area contributed by atoms with E-state index in [9.17, 15) is 14.4 Å². The Bertz CT molecular complexity index is 471. The first-order valence-electron chi connectivity index (χ1n) is 5.14. The number of carboxylic acids is 1. The van der Waals surface area contributed by atoms with Gasteiger partial charge in [-0.3, -0.25) is 14.4 Å². The molecule has 0 spiro atoms. The molecule has 0 fully saturated rings. The molecule has 0 unspecified atom stereocenters. The highest BCUT2D eigenvalue weighted by atomic mass is 16.7. The topological polar surface area (TPSA) is 128 Å². The molecule has 1 aromatic rings. The molecular formula is C11H12N2O6. The van der Waals surface area contributed by atoms with Gasteiger partial charge in [-0.25, -0.2) is 10.3 Å². The van der Waals surface area contributed by atoms with E-state index in [1.165, 1.54) is 24.3 Å². The lowest BCUT2D eigenvalue weighted by atomic mass is 10.2. The molecule has 8 nitrogen and oxygen atoms in total. The van der Waals surface area contributed by atoms with Crippen LogP contribution in [0, 0.1) is 0 Å². The zero-order valence-electron chi connectivity index (χ0n) is 9.79. The number of ether oxygens (including phenoxy) is 1. The molecule has 8 heteroatoms. The molecule has 1 aromatic carbocycles. The number of benzene rings is 1. The van der Waals surface area contributed by atoms with Crippen LogP contribution in [0.3, 0.4) is 0 Å². The summed E-state index contributed by atoms with van der Waals surface area (Å²) < 4.78 is 5.00. The number of nitrogens with one attached hydrogen (secondary N) is 1. The molecule has 0 saturated heterocycles. The Balaban J connectivity index is 2.48. The Morgan fingerprint density at radius 3 is 2.32 bits per heavy atom. The molecule has 0 bridgehead atoms. The number of carboxylic acid groups (broad SMARTS) is 1. The minimum absolute atomic E-state index is 0.247. The van der Waals surface area contributed by atoms with E-state index in [1.54, 1.807) is 0 Å². The average Bonchev–Trinajstić information content (AvgIpc) is 2.36. The fraction of sp³-hybridized carbons (Fsp3) is 0.182. The Hall–Kier alpha value is -2.61. The van der Waals surface area contributed by atoms with Crippen molar-refractivity contribution in [2.75, 3.05) is 13.2 Å². The van der Waals surface area contributed by atoms with Gasteiger partial charge >= 0.3 is 5.97 Å². The van der Waals surface area contributed by atoms with Crippen LogP contribution in [0.2, 0.25) is 0 Å². The molecule has 4 N–H and O–H groups in total. The molecule has 0 aliphatic heterocycles. The van der Waals surface area contributed by atoms with E-state index in [2.05, 4.69) is 4.84 Å². The summed E-state index contributed by atoms with van der Waals surface area (Å²) in [5.74, 6) is -2.02. The summed E-state index contributed by atoms with van der Waals surface area (Å²) in [5.41, 5.74) is 7.12. The van der Waals surface area contributed by atoms with Crippen molar-refractivity contribution in [1.82, 2.24) is 5.48 Å².